The summed E-state index contributed by atoms with van der Waals surface area (Å²) in [6.45, 7) is 5.94. The summed E-state index contributed by atoms with van der Waals surface area (Å²) in [4.78, 5) is 17.3. The molecule has 4 rings (SSSR count). The maximum absolute atomic E-state index is 12.8. The molecular weight excluding hydrogens is 344 g/mol. The molecule has 3 fully saturated rings. The van der Waals surface area contributed by atoms with Crippen LogP contribution in [0.15, 0.2) is 24.3 Å². The van der Waals surface area contributed by atoms with E-state index < -0.39 is 0 Å². The molecule has 0 unspecified atom stereocenters. The monoisotopic (exact) mass is 374 g/mol. The fourth-order valence-electron chi connectivity index (χ4n) is 4.61. The van der Waals surface area contributed by atoms with Crippen LogP contribution in [-0.4, -0.2) is 80.5 Å². The Morgan fingerprint density at radius 1 is 1.07 bits per heavy atom. The van der Waals surface area contributed by atoms with Crippen LogP contribution in [0.5, 0.6) is 5.75 Å². The molecule has 148 valence electrons. The fourth-order valence-corrected chi connectivity index (χ4v) is 4.61. The molecule has 6 heteroatoms. The average Bonchev–Trinajstić information content (AvgIpc) is 2.74. The molecule has 3 aliphatic rings. The Kier molecular flexibility index (Phi) is 5.66. The van der Waals surface area contributed by atoms with E-state index in [1.807, 2.05) is 29.2 Å². The Morgan fingerprint density at radius 2 is 1.78 bits per heavy atom. The predicted octanol–water partition coefficient (Wildman–Crippen LogP) is 2.18. The summed E-state index contributed by atoms with van der Waals surface area (Å²) >= 11 is 0. The number of hydrogen-bond donors (Lipinski definition) is 0. The van der Waals surface area contributed by atoms with Gasteiger partial charge in [0.05, 0.1) is 12.7 Å². The zero-order chi connectivity index (χ0) is 18.7. The van der Waals surface area contributed by atoms with Crippen LogP contribution in [-0.2, 0) is 9.47 Å². The molecular formula is C21H30N2O4. The smallest absolute Gasteiger partial charge is 0.253 e. The first kappa shape index (κ1) is 18.7. The molecule has 1 aromatic carbocycles. The highest BCUT2D eigenvalue weighted by molar-refractivity contribution is 5.94. The molecule has 0 radical (unpaired) electrons. The van der Waals surface area contributed by atoms with Crippen LogP contribution >= 0.6 is 0 Å². The predicted molar refractivity (Wildman–Crippen MR) is 102 cm³/mol. The van der Waals surface area contributed by atoms with Crippen molar-refractivity contribution in [3.63, 3.8) is 0 Å². The van der Waals surface area contributed by atoms with E-state index in [0.29, 0.717) is 6.04 Å². The number of carbonyl (C=O) groups excluding carboxylic acids is 1. The van der Waals surface area contributed by atoms with Gasteiger partial charge in [-0.1, -0.05) is 0 Å². The van der Waals surface area contributed by atoms with E-state index in [-0.39, 0.29) is 11.5 Å². The van der Waals surface area contributed by atoms with Crippen molar-refractivity contribution in [1.82, 2.24) is 9.80 Å². The van der Waals surface area contributed by atoms with Crippen molar-refractivity contribution in [1.29, 1.82) is 0 Å². The van der Waals surface area contributed by atoms with Crippen LogP contribution in [0.3, 0.4) is 0 Å². The van der Waals surface area contributed by atoms with E-state index in [0.717, 1.165) is 83.0 Å². The van der Waals surface area contributed by atoms with Crippen LogP contribution in [0.4, 0.5) is 0 Å². The van der Waals surface area contributed by atoms with Gasteiger partial charge in [-0.15, -0.1) is 0 Å². The van der Waals surface area contributed by atoms with Crippen LogP contribution in [0.2, 0.25) is 0 Å². The number of ether oxygens (including phenoxy) is 3. The normalized spacial score (nSPS) is 26.1. The summed E-state index contributed by atoms with van der Waals surface area (Å²) in [6, 6.07) is 7.95. The molecule has 0 N–H and O–H groups in total. The van der Waals surface area contributed by atoms with Gasteiger partial charge in [-0.3, -0.25) is 9.69 Å². The van der Waals surface area contributed by atoms with E-state index in [9.17, 15) is 4.79 Å². The molecule has 3 heterocycles. The molecule has 1 aromatic rings. The van der Waals surface area contributed by atoms with Crippen molar-refractivity contribution in [3.05, 3.63) is 29.8 Å². The van der Waals surface area contributed by atoms with Crippen LogP contribution in [0.25, 0.3) is 0 Å². The van der Waals surface area contributed by atoms with E-state index >= 15 is 0 Å². The number of benzene rings is 1. The van der Waals surface area contributed by atoms with Crippen molar-refractivity contribution in [2.45, 2.75) is 37.3 Å². The molecule has 1 spiro atoms. The first-order chi connectivity index (χ1) is 13.2. The second-order valence-corrected chi connectivity index (χ2v) is 7.85. The van der Waals surface area contributed by atoms with Gasteiger partial charge in [-0.2, -0.15) is 0 Å². The zero-order valence-electron chi connectivity index (χ0n) is 16.2. The Bertz CT molecular complexity index is 629. The Balaban J connectivity index is 1.32. The number of methoxy groups -OCH3 is 1. The first-order valence-electron chi connectivity index (χ1n) is 10.1. The SMILES string of the molecule is COc1ccc(C(=O)N2CCN([C@@H]3CCOC4(CCOCC4)C3)CC2)cc1. The minimum Gasteiger partial charge on any atom is -0.497 e. The molecule has 1 atom stereocenters. The molecule has 1 amide bonds. The third-order valence-electron chi connectivity index (χ3n) is 6.33. The minimum absolute atomic E-state index is 0.0250. The van der Waals surface area contributed by atoms with Gasteiger partial charge in [0.15, 0.2) is 0 Å². The van der Waals surface area contributed by atoms with Crippen molar-refractivity contribution in [2.24, 2.45) is 0 Å². The quantitative estimate of drug-likeness (QED) is 0.812. The lowest BCUT2D eigenvalue weighted by Crippen LogP contribution is -2.56. The number of carbonyl (C=O) groups is 1. The first-order valence-corrected chi connectivity index (χ1v) is 10.1. The van der Waals surface area contributed by atoms with Crippen molar-refractivity contribution >= 4 is 5.91 Å². The average molecular weight is 374 g/mol. The van der Waals surface area contributed by atoms with Crippen LogP contribution < -0.4 is 4.74 Å². The van der Waals surface area contributed by atoms with Crippen molar-refractivity contribution in [2.75, 3.05) is 53.1 Å². The summed E-state index contributed by atoms with van der Waals surface area (Å²) in [7, 11) is 1.64. The van der Waals surface area contributed by atoms with E-state index in [4.69, 9.17) is 14.2 Å². The highest BCUT2D eigenvalue weighted by atomic mass is 16.5. The molecule has 6 nitrogen and oxygen atoms in total. The number of rotatable bonds is 3. The number of nitrogens with zero attached hydrogens (tertiary/aromatic N) is 2. The maximum Gasteiger partial charge on any atom is 0.253 e. The topological polar surface area (TPSA) is 51.2 Å². The van der Waals surface area contributed by atoms with Crippen molar-refractivity contribution < 1.29 is 19.0 Å². The molecule has 0 bridgehead atoms. The van der Waals surface area contributed by atoms with Gasteiger partial charge in [0, 0.05) is 57.6 Å². The van der Waals surface area contributed by atoms with Gasteiger partial charge in [-0.05, 0) is 49.9 Å². The number of hydrogen-bond acceptors (Lipinski definition) is 5. The standard InChI is InChI=1S/C21H30N2O4/c1-25-19-4-2-17(3-5-19)20(24)23-11-9-22(10-12-23)18-6-13-27-21(16-18)7-14-26-15-8-21/h2-5,18H,6-16H2,1H3/t18-/m1/s1. The van der Waals surface area contributed by atoms with Crippen molar-refractivity contribution in [3.8, 4) is 5.75 Å². The number of piperazine rings is 1. The minimum atomic E-state index is 0.0250. The maximum atomic E-state index is 12.8. The van der Waals surface area contributed by atoms with E-state index in [1.54, 1.807) is 7.11 Å². The largest absolute Gasteiger partial charge is 0.497 e. The third-order valence-corrected chi connectivity index (χ3v) is 6.33. The van der Waals surface area contributed by atoms with Gasteiger partial charge in [0.2, 0.25) is 0 Å². The third kappa shape index (κ3) is 4.13. The summed E-state index contributed by atoms with van der Waals surface area (Å²) in [5.41, 5.74) is 0.758. The molecule has 0 aliphatic carbocycles. The number of amides is 1. The van der Waals surface area contributed by atoms with E-state index in [2.05, 4.69) is 4.90 Å². The lowest BCUT2D eigenvalue weighted by atomic mass is 9.83. The van der Waals surface area contributed by atoms with Gasteiger partial charge >= 0.3 is 0 Å². The zero-order valence-corrected chi connectivity index (χ0v) is 16.2. The highest BCUT2D eigenvalue weighted by Crippen LogP contribution is 2.36. The lowest BCUT2D eigenvalue weighted by molar-refractivity contribution is -0.152. The van der Waals surface area contributed by atoms with Gasteiger partial charge in [0.1, 0.15) is 5.75 Å². The summed E-state index contributed by atoms with van der Waals surface area (Å²) < 4.78 is 16.9. The fraction of sp³-hybridized carbons (Fsp3) is 0.667. The second kappa shape index (κ2) is 8.17. The van der Waals surface area contributed by atoms with Gasteiger partial charge in [-0.25, -0.2) is 0 Å². The Labute approximate surface area is 161 Å². The molecule has 3 saturated heterocycles. The molecule has 27 heavy (non-hydrogen) atoms. The summed E-state index contributed by atoms with van der Waals surface area (Å²) in [6.07, 6.45) is 4.22. The highest BCUT2D eigenvalue weighted by Gasteiger charge is 2.41. The molecule has 3 aliphatic heterocycles. The summed E-state index contributed by atoms with van der Waals surface area (Å²) in [5, 5.41) is 0. The summed E-state index contributed by atoms with van der Waals surface area (Å²) in [5.74, 6) is 0.892. The van der Waals surface area contributed by atoms with Gasteiger partial charge in [0.25, 0.3) is 5.91 Å². The molecule has 0 aromatic heterocycles. The Morgan fingerprint density at radius 3 is 2.44 bits per heavy atom. The second-order valence-electron chi connectivity index (χ2n) is 7.85. The lowest BCUT2D eigenvalue weighted by Gasteiger charge is -2.48. The molecule has 0 saturated carbocycles. The van der Waals surface area contributed by atoms with Crippen LogP contribution in [0, 0.1) is 0 Å². The Hall–Kier alpha value is -1.63. The van der Waals surface area contributed by atoms with Crippen LogP contribution in [0.1, 0.15) is 36.0 Å². The van der Waals surface area contributed by atoms with E-state index in [1.165, 1.54) is 0 Å². The van der Waals surface area contributed by atoms with Gasteiger partial charge < -0.3 is 19.1 Å².